The summed E-state index contributed by atoms with van der Waals surface area (Å²) in [7, 11) is 0. The average Bonchev–Trinajstić information content (AvgIpc) is 3.30. The van der Waals surface area contributed by atoms with E-state index >= 15 is 0 Å². The first-order valence-corrected chi connectivity index (χ1v) is 11.4. The summed E-state index contributed by atoms with van der Waals surface area (Å²) < 4.78 is 0. The van der Waals surface area contributed by atoms with Crippen molar-refractivity contribution in [3.63, 3.8) is 0 Å². The van der Waals surface area contributed by atoms with E-state index in [1.54, 1.807) is 18.2 Å². The van der Waals surface area contributed by atoms with E-state index in [2.05, 4.69) is 29.5 Å². The first kappa shape index (κ1) is 22.1. The molecule has 0 spiro atoms. The number of benzene rings is 1. The number of thiazole rings is 1. The Morgan fingerprint density at radius 3 is 2.69 bits per heavy atom. The summed E-state index contributed by atoms with van der Waals surface area (Å²) in [6.07, 6.45) is 1.08. The molecule has 2 aliphatic heterocycles. The largest absolute Gasteiger partial charge is 0.357 e. The molecule has 1 aromatic carbocycles. The third-order valence-corrected chi connectivity index (χ3v) is 6.39. The molecule has 4 amide bonds. The lowest BCUT2D eigenvalue weighted by Gasteiger charge is -2.27. The van der Waals surface area contributed by atoms with Gasteiger partial charge in [-0.1, -0.05) is 19.9 Å². The molecule has 1 aromatic heterocycles. The van der Waals surface area contributed by atoms with Crippen LogP contribution in [0.15, 0.2) is 23.6 Å². The number of piperidine rings is 1. The van der Waals surface area contributed by atoms with Crippen LogP contribution in [0.3, 0.4) is 0 Å². The van der Waals surface area contributed by atoms with Crippen molar-refractivity contribution in [1.82, 2.24) is 15.2 Å². The monoisotopic (exact) mass is 455 g/mol. The van der Waals surface area contributed by atoms with Crippen LogP contribution in [0.2, 0.25) is 0 Å². The third kappa shape index (κ3) is 4.28. The maximum atomic E-state index is 12.9. The number of carbonyl (C=O) groups is 4. The average molecular weight is 456 g/mol. The fraction of sp³-hybridized carbons (Fsp3) is 0.409. The second kappa shape index (κ2) is 8.79. The van der Waals surface area contributed by atoms with Gasteiger partial charge in [0.05, 0.1) is 16.8 Å². The van der Waals surface area contributed by atoms with Crippen molar-refractivity contribution in [3.8, 4) is 0 Å². The molecule has 0 aliphatic carbocycles. The van der Waals surface area contributed by atoms with Crippen molar-refractivity contribution in [3.05, 3.63) is 46.0 Å². The van der Waals surface area contributed by atoms with E-state index in [4.69, 9.17) is 5.73 Å². The number of anilines is 1. The number of aromatic nitrogens is 1. The Labute approximate surface area is 189 Å². The van der Waals surface area contributed by atoms with Crippen LogP contribution in [0.5, 0.6) is 0 Å². The fourth-order valence-corrected chi connectivity index (χ4v) is 4.75. The van der Waals surface area contributed by atoms with Gasteiger partial charge in [-0.2, -0.15) is 0 Å². The smallest absolute Gasteiger partial charge is 0.262 e. The number of fused-ring (bicyclic) bond motifs is 1. The van der Waals surface area contributed by atoms with Crippen molar-refractivity contribution >= 4 is 40.1 Å². The van der Waals surface area contributed by atoms with Gasteiger partial charge in [-0.3, -0.25) is 29.4 Å². The molecule has 3 heterocycles. The minimum Gasteiger partial charge on any atom is -0.357 e. The van der Waals surface area contributed by atoms with Crippen molar-refractivity contribution < 1.29 is 19.2 Å². The van der Waals surface area contributed by atoms with Gasteiger partial charge >= 0.3 is 0 Å². The van der Waals surface area contributed by atoms with Gasteiger partial charge in [0.1, 0.15) is 6.04 Å². The molecular weight excluding hydrogens is 430 g/mol. The Balaban J connectivity index is 1.45. The fourth-order valence-electron chi connectivity index (χ4n) is 3.97. The number of carbonyl (C=O) groups excluding carboxylic acids is 4. The number of nitrogens with one attached hydrogen (secondary N) is 2. The number of nitrogens with two attached hydrogens (primary N) is 1. The van der Waals surface area contributed by atoms with Gasteiger partial charge in [0.25, 0.3) is 11.8 Å². The topological polar surface area (TPSA) is 134 Å². The molecule has 10 heteroatoms. The highest BCUT2D eigenvalue weighted by Gasteiger charge is 2.44. The molecule has 2 aliphatic rings. The van der Waals surface area contributed by atoms with Crippen LogP contribution in [0.25, 0.3) is 0 Å². The number of rotatable bonds is 7. The van der Waals surface area contributed by atoms with Gasteiger partial charge < -0.3 is 11.1 Å². The zero-order valence-corrected chi connectivity index (χ0v) is 18.7. The molecule has 1 saturated heterocycles. The second-order valence-electron chi connectivity index (χ2n) is 8.49. The Morgan fingerprint density at radius 1 is 1.22 bits per heavy atom. The molecular formula is C22H25N5O4S. The molecule has 0 radical (unpaired) electrons. The van der Waals surface area contributed by atoms with Crippen LogP contribution in [-0.4, -0.2) is 39.6 Å². The Kier molecular flexibility index (Phi) is 6.07. The summed E-state index contributed by atoms with van der Waals surface area (Å²) in [6, 6.07) is 3.95. The molecule has 4 rings (SSSR count). The summed E-state index contributed by atoms with van der Waals surface area (Å²) in [6.45, 7) is 4.65. The van der Waals surface area contributed by atoms with E-state index in [-0.39, 0.29) is 30.0 Å². The quantitative estimate of drug-likeness (QED) is 0.545. The van der Waals surface area contributed by atoms with Crippen molar-refractivity contribution in [2.75, 3.05) is 5.32 Å². The van der Waals surface area contributed by atoms with Gasteiger partial charge in [-0.05, 0) is 36.5 Å². The predicted molar refractivity (Wildman–Crippen MR) is 119 cm³/mol. The molecule has 0 bridgehead atoms. The molecule has 2 aromatic rings. The minimum atomic E-state index is -0.967. The summed E-state index contributed by atoms with van der Waals surface area (Å²) >= 11 is 1.47. The molecule has 1 fully saturated rings. The zero-order valence-electron chi connectivity index (χ0n) is 17.9. The SMILES string of the molecule is CC(C)C[C@H](N)c1csc(NCc2ccc3c(c2)C(=O)N(C2CCC(=O)NC2=O)C3=O)n1. The van der Waals surface area contributed by atoms with E-state index in [1.165, 1.54) is 11.3 Å². The van der Waals surface area contributed by atoms with Crippen LogP contribution < -0.4 is 16.4 Å². The standard InChI is InChI=1S/C22H25N5O4S/c1-11(2)7-15(23)16-10-32-22(25-16)24-9-12-3-4-13-14(8-12)21(31)27(20(13)30)17-5-6-18(28)26-19(17)29/h3-4,8,10-11,15,17H,5-7,9,23H2,1-2H3,(H,24,25)(H,26,28,29)/t15-,17?/m0/s1. The van der Waals surface area contributed by atoms with Crippen molar-refractivity contribution in [1.29, 1.82) is 0 Å². The van der Waals surface area contributed by atoms with E-state index in [0.29, 0.717) is 12.5 Å². The lowest BCUT2D eigenvalue weighted by molar-refractivity contribution is -0.136. The normalized spacial score (nSPS) is 19.4. The molecule has 4 N–H and O–H groups in total. The van der Waals surface area contributed by atoms with Gasteiger partial charge in [0.2, 0.25) is 11.8 Å². The first-order chi connectivity index (χ1) is 15.2. The molecule has 32 heavy (non-hydrogen) atoms. The second-order valence-corrected chi connectivity index (χ2v) is 9.35. The van der Waals surface area contributed by atoms with Gasteiger partial charge in [-0.25, -0.2) is 4.98 Å². The van der Waals surface area contributed by atoms with Crippen molar-refractivity contribution in [2.45, 2.75) is 51.7 Å². The highest BCUT2D eigenvalue weighted by atomic mass is 32.1. The summed E-state index contributed by atoms with van der Waals surface area (Å²) in [5, 5.41) is 8.10. The Hall–Kier alpha value is -3.11. The van der Waals surface area contributed by atoms with Crippen LogP contribution in [0, 0.1) is 5.92 Å². The van der Waals surface area contributed by atoms with E-state index in [9.17, 15) is 19.2 Å². The molecule has 9 nitrogen and oxygen atoms in total. The van der Waals surface area contributed by atoms with Crippen LogP contribution in [-0.2, 0) is 16.1 Å². The highest BCUT2D eigenvalue weighted by Crippen LogP contribution is 2.29. The lowest BCUT2D eigenvalue weighted by Crippen LogP contribution is -2.54. The maximum absolute atomic E-state index is 12.9. The van der Waals surface area contributed by atoms with Crippen molar-refractivity contribution in [2.24, 2.45) is 11.7 Å². The van der Waals surface area contributed by atoms with Gasteiger partial charge in [0.15, 0.2) is 5.13 Å². The predicted octanol–water partition coefficient (Wildman–Crippen LogP) is 2.20. The molecule has 168 valence electrons. The molecule has 2 atom stereocenters. The molecule has 0 saturated carbocycles. The van der Waals surface area contributed by atoms with Gasteiger partial charge in [-0.15, -0.1) is 11.3 Å². The van der Waals surface area contributed by atoms with Crippen LogP contribution in [0.1, 0.15) is 71.1 Å². The zero-order chi connectivity index (χ0) is 23.0. The minimum absolute atomic E-state index is 0.0929. The number of amides is 4. The third-order valence-electron chi connectivity index (χ3n) is 5.58. The van der Waals surface area contributed by atoms with E-state index in [0.717, 1.165) is 27.7 Å². The number of hydrogen-bond donors (Lipinski definition) is 3. The summed E-state index contributed by atoms with van der Waals surface area (Å²) in [5.74, 6) is -1.56. The van der Waals surface area contributed by atoms with Crippen LogP contribution >= 0.6 is 11.3 Å². The highest BCUT2D eigenvalue weighted by molar-refractivity contribution is 7.13. The lowest BCUT2D eigenvalue weighted by atomic mass is 10.0. The van der Waals surface area contributed by atoms with E-state index < -0.39 is 29.7 Å². The van der Waals surface area contributed by atoms with Crippen LogP contribution in [0.4, 0.5) is 5.13 Å². The summed E-state index contributed by atoms with van der Waals surface area (Å²) in [4.78, 5) is 54.8. The summed E-state index contributed by atoms with van der Waals surface area (Å²) in [5.41, 5.74) is 8.37. The van der Waals surface area contributed by atoms with E-state index in [1.807, 2.05) is 5.38 Å². The number of imide groups is 2. The maximum Gasteiger partial charge on any atom is 0.262 e. The number of nitrogens with zero attached hydrogens (tertiary/aromatic N) is 2. The first-order valence-electron chi connectivity index (χ1n) is 10.5. The number of hydrogen-bond acceptors (Lipinski definition) is 8. The van der Waals surface area contributed by atoms with Gasteiger partial charge in [0, 0.05) is 24.4 Å². The Bertz CT molecular complexity index is 1100. The Morgan fingerprint density at radius 2 is 1.97 bits per heavy atom. The molecule has 1 unspecified atom stereocenters.